The number of carbonyl (C=O) groups excluding carboxylic acids is 3. The summed E-state index contributed by atoms with van der Waals surface area (Å²) in [6.07, 6.45) is 26.1. The van der Waals surface area contributed by atoms with Crippen LogP contribution in [-0.2, 0) is 39.1 Å². The smallest absolute Gasteiger partial charge is 0.277 e. The molecule has 0 saturated carbocycles. The second kappa shape index (κ2) is 40.9. The normalized spacial score (nSPS) is 14.3. The van der Waals surface area contributed by atoms with E-state index in [4.69, 9.17) is 35.8 Å². The van der Waals surface area contributed by atoms with E-state index in [0.717, 1.165) is 68.9 Å². The summed E-state index contributed by atoms with van der Waals surface area (Å²) in [5.74, 6) is -0.544. The van der Waals surface area contributed by atoms with Gasteiger partial charge in [-0.15, -0.1) is 37.9 Å². The molecule has 0 fully saturated rings. The molecular formula is C97H93ClN12O9. The highest BCUT2D eigenvalue weighted by atomic mass is 35.5. The van der Waals surface area contributed by atoms with E-state index in [0.29, 0.717) is 58.7 Å². The molecule has 4 aliphatic heterocycles. The Labute approximate surface area is 697 Å². The van der Waals surface area contributed by atoms with Crippen LogP contribution in [0.3, 0.4) is 0 Å². The molecule has 0 spiro atoms. The first kappa shape index (κ1) is 82.8. The Morgan fingerprint density at radius 1 is 0.462 bits per heavy atom. The van der Waals surface area contributed by atoms with Crippen molar-refractivity contribution in [3.8, 4) is 17.2 Å². The van der Waals surface area contributed by atoms with Crippen LogP contribution < -0.4 is 45.9 Å². The van der Waals surface area contributed by atoms with E-state index in [-0.39, 0.29) is 112 Å². The van der Waals surface area contributed by atoms with Gasteiger partial charge in [0.1, 0.15) is 57.3 Å². The van der Waals surface area contributed by atoms with Gasteiger partial charge in [0, 0.05) is 75.0 Å². The molecule has 602 valence electrons. The SMILES string of the molecule is C=CCCN1CN(C(c2ccccn2)c2ccccc2CC=C)n2ccc(=O)c(OCc3ccccc3)c2C1=O.C=CCCN1CNn2ccc(=O)c(OCc3ccccc3)c2C1=O.C=CCc1ccccc1C(Cl)c1ccccn1.O=C1c2c(OCc3ccccc3)c(=O)ccn2N2CN1CCC=CCc1ccccc1C2c1ccccn1. The zero-order valence-corrected chi connectivity index (χ0v) is 66.8. The fourth-order valence-electron chi connectivity index (χ4n) is 14.5. The number of hydrogen-bond donors (Lipinski definition) is 1. The zero-order valence-electron chi connectivity index (χ0n) is 66.1. The van der Waals surface area contributed by atoms with Crippen LogP contribution in [0.15, 0.2) is 351 Å². The number of nitrogens with one attached hydrogen (secondary N) is 1. The first-order valence-electron chi connectivity index (χ1n) is 39.5. The summed E-state index contributed by atoms with van der Waals surface area (Å²) < 4.78 is 23.0. The Bertz CT molecular complexity index is 5720. The van der Waals surface area contributed by atoms with Gasteiger partial charge in [-0.1, -0.05) is 218 Å². The Morgan fingerprint density at radius 3 is 1.52 bits per heavy atom. The average molecular weight is 1610 g/mol. The largest absolute Gasteiger partial charge is 0.482 e. The molecule has 0 aliphatic carbocycles. The third kappa shape index (κ3) is 20.0. The maximum absolute atomic E-state index is 13.9. The monoisotopic (exact) mass is 1600 g/mol. The molecule has 16 rings (SSSR count). The molecule has 3 amide bonds. The molecular weight excluding hydrogens is 1510 g/mol. The van der Waals surface area contributed by atoms with Crippen LogP contribution >= 0.6 is 11.6 Å². The highest BCUT2D eigenvalue weighted by molar-refractivity contribution is 6.22. The number of aromatic nitrogens is 6. The number of halogens is 1. The van der Waals surface area contributed by atoms with E-state index >= 15 is 0 Å². The van der Waals surface area contributed by atoms with Gasteiger partial charge >= 0.3 is 0 Å². The predicted molar refractivity (Wildman–Crippen MR) is 466 cm³/mol. The van der Waals surface area contributed by atoms with Crippen molar-refractivity contribution in [3.63, 3.8) is 0 Å². The van der Waals surface area contributed by atoms with Crippen LogP contribution in [0, 0.1) is 0 Å². The van der Waals surface area contributed by atoms with Crippen molar-refractivity contribution >= 4 is 29.3 Å². The van der Waals surface area contributed by atoms with Crippen LogP contribution in [0.4, 0.5) is 0 Å². The van der Waals surface area contributed by atoms with Gasteiger partial charge in [0.25, 0.3) is 17.7 Å². The minimum atomic E-state index is -0.361. The Balaban J connectivity index is 0.000000144. The summed E-state index contributed by atoms with van der Waals surface area (Å²) in [5, 5.41) is 3.98. The number of amides is 3. The minimum Gasteiger partial charge on any atom is -0.482 e. The van der Waals surface area contributed by atoms with Crippen LogP contribution in [-0.4, -0.2) is 101 Å². The van der Waals surface area contributed by atoms with Crippen molar-refractivity contribution in [2.24, 2.45) is 0 Å². The molecule has 6 aromatic heterocycles. The molecule has 119 heavy (non-hydrogen) atoms. The maximum Gasteiger partial charge on any atom is 0.277 e. The average Bonchev–Trinajstić information content (AvgIpc) is 1.22. The van der Waals surface area contributed by atoms with E-state index in [9.17, 15) is 28.8 Å². The van der Waals surface area contributed by atoms with Crippen LogP contribution in [0.25, 0.3) is 0 Å². The van der Waals surface area contributed by atoms with Crippen LogP contribution in [0.2, 0.25) is 0 Å². The number of alkyl halides is 1. The number of allylic oxidation sites excluding steroid dienone is 3. The van der Waals surface area contributed by atoms with Crippen molar-refractivity contribution in [2.75, 3.05) is 55.1 Å². The lowest BCUT2D eigenvalue weighted by Gasteiger charge is -2.44. The lowest BCUT2D eigenvalue weighted by Crippen LogP contribution is -2.56. The molecule has 3 atom stereocenters. The summed E-state index contributed by atoms with van der Waals surface area (Å²) in [6, 6.07) is 74.6. The van der Waals surface area contributed by atoms with E-state index in [1.54, 1.807) is 78.1 Å². The molecule has 6 aromatic carbocycles. The number of hydrogen-bond acceptors (Lipinski definition) is 15. The molecule has 2 bridgehead atoms. The zero-order chi connectivity index (χ0) is 82.8. The number of ether oxygens (including phenoxy) is 3. The van der Waals surface area contributed by atoms with Gasteiger partial charge < -0.3 is 34.3 Å². The summed E-state index contributed by atoms with van der Waals surface area (Å²) in [4.78, 5) is 97.9. The predicted octanol–water partition coefficient (Wildman–Crippen LogP) is 15.8. The van der Waals surface area contributed by atoms with Gasteiger partial charge in [0.2, 0.25) is 16.3 Å². The molecule has 0 radical (unpaired) electrons. The van der Waals surface area contributed by atoms with E-state index in [1.807, 2.05) is 200 Å². The Hall–Kier alpha value is -14.2. The summed E-state index contributed by atoms with van der Waals surface area (Å²) in [5.41, 5.74) is 14.8. The molecule has 3 unspecified atom stereocenters. The quantitative estimate of drug-likeness (QED) is 0.0416. The van der Waals surface area contributed by atoms with Crippen LogP contribution in [0.5, 0.6) is 17.2 Å². The van der Waals surface area contributed by atoms with Crippen molar-refractivity contribution in [2.45, 2.75) is 75.8 Å². The van der Waals surface area contributed by atoms with Gasteiger partial charge in [0.15, 0.2) is 34.3 Å². The highest BCUT2D eigenvalue weighted by Crippen LogP contribution is 2.37. The maximum atomic E-state index is 13.9. The second-order valence-electron chi connectivity index (χ2n) is 28.3. The molecule has 0 saturated heterocycles. The van der Waals surface area contributed by atoms with Crippen LogP contribution in [0.1, 0.15) is 135 Å². The molecule has 21 nitrogen and oxygen atoms in total. The lowest BCUT2D eigenvalue weighted by molar-refractivity contribution is 0.0672. The number of rotatable bonds is 25. The van der Waals surface area contributed by atoms with Crippen molar-refractivity contribution in [1.82, 2.24) is 43.7 Å². The molecule has 1 N–H and O–H groups in total. The van der Waals surface area contributed by atoms with Gasteiger partial charge in [0.05, 0.1) is 17.1 Å². The number of fused-ring (bicyclic) bond motifs is 7. The summed E-state index contributed by atoms with van der Waals surface area (Å²) in [7, 11) is 0. The first-order chi connectivity index (χ1) is 58.3. The van der Waals surface area contributed by atoms with E-state index in [1.165, 1.54) is 29.3 Å². The summed E-state index contributed by atoms with van der Waals surface area (Å²) in [6.45, 7) is 18.3. The van der Waals surface area contributed by atoms with Crippen molar-refractivity contribution in [3.05, 3.63) is 451 Å². The number of benzene rings is 6. The number of carbonyl (C=O) groups is 3. The number of pyridine rings is 6. The van der Waals surface area contributed by atoms with Gasteiger partial charge in [-0.05, 0) is 125 Å². The van der Waals surface area contributed by atoms with Crippen molar-refractivity contribution < 1.29 is 28.6 Å². The van der Waals surface area contributed by atoms with Gasteiger partial charge in [-0.25, -0.2) is 0 Å². The fraction of sp³-hybridized carbons (Fsp3) is 0.186. The number of nitrogens with zero attached hydrogens (tertiary/aromatic N) is 11. The Morgan fingerprint density at radius 2 is 0.950 bits per heavy atom. The highest BCUT2D eigenvalue weighted by Gasteiger charge is 2.40. The molecule has 10 heterocycles. The standard InChI is InChI=1S/C33H32N4O3.C31H28N4O3.C18H19N3O3.C15H14ClN/c1-3-5-21-35-24-37(30(28-18-11-12-20-34-28)27-17-10-9-16-26(27)13-4-2)36-22-19-29(38)32(31(36)33(35)39)40-23-25-14-7-6-8-15-25;36-27-17-20-34-29(30(27)38-21-23-11-3-1-4-12-23)31(37)33-19-10-2-5-13-24-14-6-7-15-25(24)28(35(34)22-33)26-16-8-9-18-32-26;1-2-3-10-20-13-19-21-11-9-15(22)17(16(21)18(20)23)24-12-14-7-5-4-6-8-14;1-2-7-12-8-3-4-9-13(12)15(16)14-10-5-6-11-17-14/h3-4,6-12,14-20,22,30H,1-2,5,13,21,23-24H2;1-9,11-12,14-18,20,28H,10,13,19,21-22H2;2,4-9,11,19H,1,3,10,12-13H2;2-6,8-11,15H,1,7H2. The third-order valence-corrected chi connectivity index (χ3v) is 20.9. The van der Waals surface area contributed by atoms with E-state index in [2.05, 4.69) is 89.2 Å². The van der Waals surface area contributed by atoms with Gasteiger partial charge in [-0.3, -0.25) is 67.8 Å². The first-order valence-corrected chi connectivity index (χ1v) is 39.9. The molecule has 22 heteroatoms. The Kier molecular flexibility index (Phi) is 28.5. The lowest BCUT2D eigenvalue weighted by atomic mass is 9.95. The fourth-order valence-corrected chi connectivity index (χ4v) is 14.9. The summed E-state index contributed by atoms with van der Waals surface area (Å²) >= 11 is 6.48. The second-order valence-corrected chi connectivity index (χ2v) is 28.7. The third-order valence-electron chi connectivity index (χ3n) is 20.4. The topological polar surface area (TPSA) is 212 Å². The van der Waals surface area contributed by atoms with E-state index < -0.39 is 0 Å². The minimum absolute atomic E-state index is 0.0313. The molecule has 4 aliphatic rings. The molecule has 12 aromatic rings. The van der Waals surface area contributed by atoms with Crippen molar-refractivity contribution in [1.29, 1.82) is 0 Å². The van der Waals surface area contributed by atoms with Gasteiger partial charge in [-0.2, -0.15) is 0 Å².